The Bertz CT molecular complexity index is 426. The molecule has 0 aromatic heterocycles. The lowest BCUT2D eigenvalue weighted by atomic mass is 9.95. The standard InChI is InChI=1S/C15H21NO2/c1-3-11(4-2)15(18)16-10-9-14(17)12-7-5-6-8-13(12)16/h5-8,11,14,17H,3-4,9-10H2,1-2H3. The van der Waals surface area contributed by atoms with Crippen LogP contribution in [-0.2, 0) is 4.79 Å². The first kappa shape index (κ1) is 13.1. The van der Waals surface area contributed by atoms with E-state index in [0.29, 0.717) is 13.0 Å². The number of anilines is 1. The van der Waals surface area contributed by atoms with Gasteiger partial charge in [0, 0.05) is 23.7 Å². The van der Waals surface area contributed by atoms with Gasteiger partial charge in [0.15, 0.2) is 0 Å². The van der Waals surface area contributed by atoms with Crippen LogP contribution >= 0.6 is 0 Å². The van der Waals surface area contributed by atoms with Crippen LogP contribution in [0.4, 0.5) is 5.69 Å². The monoisotopic (exact) mass is 247 g/mol. The van der Waals surface area contributed by atoms with E-state index in [0.717, 1.165) is 24.1 Å². The number of carbonyl (C=O) groups excluding carboxylic acids is 1. The quantitative estimate of drug-likeness (QED) is 0.892. The number of hydrogen-bond donors (Lipinski definition) is 1. The third-order valence-electron chi connectivity index (χ3n) is 3.81. The molecule has 0 aliphatic carbocycles. The number of carbonyl (C=O) groups is 1. The minimum Gasteiger partial charge on any atom is -0.388 e. The molecule has 0 spiro atoms. The van der Waals surface area contributed by atoms with Crippen molar-refractivity contribution < 1.29 is 9.90 Å². The summed E-state index contributed by atoms with van der Waals surface area (Å²) in [4.78, 5) is 14.3. The first-order chi connectivity index (χ1) is 8.69. The fourth-order valence-corrected chi connectivity index (χ4v) is 2.63. The van der Waals surface area contributed by atoms with E-state index in [-0.39, 0.29) is 11.8 Å². The summed E-state index contributed by atoms with van der Waals surface area (Å²) >= 11 is 0. The molecule has 1 atom stereocenters. The molecule has 1 unspecified atom stereocenters. The molecule has 0 saturated carbocycles. The second-order valence-electron chi connectivity index (χ2n) is 4.87. The fraction of sp³-hybridized carbons (Fsp3) is 0.533. The summed E-state index contributed by atoms with van der Waals surface area (Å²) in [7, 11) is 0. The highest BCUT2D eigenvalue weighted by molar-refractivity contribution is 5.96. The molecule has 0 fully saturated rings. The number of amides is 1. The van der Waals surface area contributed by atoms with Crippen LogP contribution in [-0.4, -0.2) is 17.6 Å². The van der Waals surface area contributed by atoms with E-state index in [1.54, 1.807) is 0 Å². The van der Waals surface area contributed by atoms with Crippen molar-refractivity contribution in [1.29, 1.82) is 0 Å². The van der Waals surface area contributed by atoms with Crippen molar-refractivity contribution in [2.24, 2.45) is 5.92 Å². The van der Waals surface area contributed by atoms with Gasteiger partial charge >= 0.3 is 0 Å². The Balaban J connectivity index is 2.31. The third kappa shape index (κ3) is 2.27. The van der Waals surface area contributed by atoms with E-state index in [9.17, 15) is 9.90 Å². The van der Waals surface area contributed by atoms with Crippen LogP contribution in [0.2, 0.25) is 0 Å². The maximum atomic E-state index is 12.5. The molecular formula is C15H21NO2. The molecule has 1 aromatic carbocycles. The SMILES string of the molecule is CCC(CC)C(=O)N1CCC(O)c2ccccc21. The Morgan fingerprint density at radius 3 is 2.72 bits per heavy atom. The summed E-state index contributed by atoms with van der Waals surface area (Å²) in [5, 5.41) is 9.98. The lowest BCUT2D eigenvalue weighted by Gasteiger charge is -2.34. The zero-order valence-corrected chi connectivity index (χ0v) is 11.1. The van der Waals surface area contributed by atoms with Gasteiger partial charge in [-0.3, -0.25) is 4.79 Å². The topological polar surface area (TPSA) is 40.5 Å². The highest BCUT2D eigenvalue weighted by atomic mass is 16.3. The Morgan fingerprint density at radius 2 is 2.06 bits per heavy atom. The van der Waals surface area contributed by atoms with Crippen molar-refractivity contribution in [1.82, 2.24) is 0 Å². The minimum absolute atomic E-state index is 0.0910. The number of benzene rings is 1. The fourth-order valence-electron chi connectivity index (χ4n) is 2.63. The summed E-state index contributed by atoms with van der Waals surface area (Å²) in [5.74, 6) is 0.285. The first-order valence-corrected chi connectivity index (χ1v) is 6.77. The summed E-state index contributed by atoms with van der Waals surface area (Å²) in [5.41, 5.74) is 1.76. The van der Waals surface area contributed by atoms with E-state index in [2.05, 4.69) is 13.8 Å². The minimum atomic E-state index is -0.438. The van der Waals surface area contributed by atoms with Crippen LogP contribution in [0.25, 0.3) is 0 Å². The van der Waals surface area contributed by atoms with Gasteiger partial charge in [-0.05, 0) is 25.3 Å². The Hall–Kier alpha value is -1.35. The number of nitrogens with zero attached hydrogens (tertiary/aromatic N) is 1. The van der Waals surface area contributed by atoms with Crippen LogP contribution in [0.3, 0.4) is 0 Å². The smallest absolute Gasteiger partial charge is 0.230 e. The van der Waals surface area contributed by atoms with E-state index in [4.69, 9.17) is 0 Å². The molecule has 0 saturated heterocycles. The third-order valence-corrected chi connectivity index (χ3v) is 3.81. The molecule has 0 bridgehead atoms. The van der Waals surface area contributed by atoms with E-state index >= 15 is 0 Å². The lowest BCUT2D eigenvalue weighted by molar-refractivity contribution is -0.122. The predicted molar refractivity (Wildman–Crippen MR) is 72.4 cm³/mol. The van der Waals surface area contributed by atoms with Gasteiger partial charge in [-0.2, -0.15) is 0 Å². The summed E-state index contributed by atoms with van der Waals surface area (Å²) in [6.07, 6.45) is 1.93. The van der Waals surface area contributed by atoms with Gasteiger partial charge in [-0.1, -0.05) is 32.0 Å². The van der Waals surface area contributed by atoms with Crippen LogP contribution in [0.5, 0.6) is 0 Å². The van der Waals surface area contributed by atoms with Gasteiger partial charge in [0.05, 0.1) is 6.10 Å². The highest BCUT2D eigenvalue weighted by Crippen LogP contribution is 2.34. The second kappa shape index (κ2) is 5.53. The number of para-hydroxylation sites is 1. The predicted octanol–water partition coefficient (Wildman–Crippen LogP) is 2.89. The number of fused-ring (bicyclic) bond motifs is 1. The number of hydrogen-bond acceptors (Lipinski definition) is 2. The molecule has 2 rings (SSSR count). The lowest BCUT2D eigenvalue weighted by Crippen LogP contribution is -2.40. The Kier molecular flexibility index (Phi) is 4.02. The zero-order valence-electron chi connectivity index (χ0n) is 11.1. The molecule has 3 nitrogen and oxygen atoms in total. The molecule has 1 aromatic rings. The van der Waals surface area contributed by atoms with Crippen molar-refractivity contribution in [2.45, 2.75) is 39.2 Å². The van der Waals surface area contributed by atoms with Crippen molar-refractivity contribution >= 4 is 11.6 Å². The van der Waals surface area contributed by atoms with Gasteiger partial charge < -0.3 is 10.0 Å². The highest BCUT2D eigenvalue weighted by Gasteiger charge is 2.29. The summed E-state index contributed by atoms with van der Waals surface area (Å²) in [6, 6.07) is 7.67. The van der Waals surface area contributed by atoms with Gasteiger partial charge in [0.25, 0.3) is 0 Å². The molecule has 1 N–H and O–H groups in total. The van der Waals surface area contributed by atoms with Gasteiger partial charge in [-0.15, -0.1) is 0 Å². The second-order valence-corrected chi connectivity index (χ2v) is 4.87. The average Bonchev–Trinajstić information content (AvgIpc) is 2.41. The molecule has 18 heavy (non-hydrogen) atoms. The van der Waals surface area contributed by atoms with Crippen molar-refractivity contribution in [3.8, 4) is 0 Å². The molecular weight excluding hydrogens is 226 g/mol. The van der Waals surface area contributed by atoms with E-state index in [1.165, 1.54) is 0 Å². The van der Waals surface area contributed by atoms with Gasteiger partial charge in [-0.25, -0.2) is 0 Å². The molecule has 98 valence electrons. The van der Waals surface area contributed by atoms with Crippen molar-refractivity contribution in [3.63, 3.8) is 0 Å². The number of rotatable bonds is 3. The molecule has 1 heterocycles. The van der Waals surface area contributed by atoms with Crippen molar-refractivity contribution in [2.75, 3.05) is 11.4 Å². The van der Waals surface area contributed by atoms with Crippen LogP contribution in [0.1, 0.15) is 44.8 Å². The molecule has 1 aliphatic heterocycles. The maximum Gasteiger partial charge on any atom is 0.230 e. The summed E-state index contributed by atoms with van der Waals surface area (Å²) in [6.45, 7) is 4.72. The van der Waals surface area contributed by atoms with E-state index in [1.807, 2.05) is 29.2 Å². The Morgan fingerprint density at radius 1 is 1.39 bits per heavy atom. The van der Waals surface area contributed by atoms with Gasteiger partial charge in [0.2, 0.25) is 5.91 Å². The summed E-state index contributed by atoms with van der Waals surface area (Å²) < 4.78 is 0. The first-order valence-electron chi connectivity index (χ1n) is 6.77. The zero-order chi connectivity index (χ0) is 13.1. The maximum absolute atomic E-state index is 12.5. The van der Waals surface area contributed by atoms with Crippen LogP contribution in [0, 0.1) is 5.92 Å². The molecule has 0 radical (unpaired) electrons. The van der Waals surface area contributed by atoms with Crippen LogP contribution < -0.4 is 4.90 Å². The number of aliphatic hydroxyl groups excluding tert-OH is 1. The largest absolute Gasteiger partial charge is 0.388 e. The van der Waals surface area contributed by atoms with Crippen molar-refractivity contribution in [3.05, 3.63) is 29.8 Å². The molecule has 1 aliphatic rings. The van der Waals surface area contributed by atoms with Crippen LogP contribution in [0.15, 0.2) is 24.3 Å². The molecule has 3 heteroatoms. The van der Waals surface area contributed by atoms with Gasteiger partial charge in [0.1, 0.15) is 0 Å². The number of aliphatic hydroxyl groups is 1. The van der Waals surface area contributed by atoms with E-state index < -0.39 is 6.10 Å². The Labute approximate surface area is 108 Å². The molecule has 1 amide bonds. The average molecular weight is 247 g/mol. The normalized spacial score (nSPS) is 18.9.